The number of carbonyl (C=O) groups excluding carboxylic acids is 3. The number of nitrogens with zero attached hydrogens (tertiary/aromatic N) is 1. The smallest absolute Gasteiger partial charge is 0.369 e. The predicted octanol–water partition coefficient (Wildman–Crippen LogP) is 4.09. The van der Waals surface area contributed by atoms with Crippen molar-refractivity contribution in [2.75, 3.05) is 5.32 Å². The van der Waals surface area contributed by atoms with E-state index in [9.17, 15) is 27.6 Å². The lowest BCUT2D eigenvalue weighted by Gasteiger charge is -2.26. The number of halogens is 3. The van der Waals surface area contributed by atoms with Gasteiger partial charge >= 0.3 is 6.18 Å². The molecule has 7 nitrogen and oxygen atoms in total. The highest BCUT2D eigenvalue weighted by molar-refractivity contribution is 6.20. The van der Waals surface area contributed by atoms with Crippen molar-refractivity contribution in [2.45, 2.75) is 51.4 Å². The van der Waals surface area contributed by atoms with Gasteiger partial charge in [-0.25, -0.2) is 4.99 Å². The number of para-hydroxylation sites is 1. The third-order valence-corrected chi connectivity index (χ3v) is 6.82. The molecule has 10 heteroatoms. The Hall–Kier alpha value is -3.69. The zero-order valence-electron chi connectivity index (χ0n) is 20.3. The molecule has 3 atom stereocenters. The van der Waals surface area contributed by atoms with Gasteiger partial charge in [-0.3, -0.25) is 14.4 Å². The predicted molar refractivity (Wildman–Crippen MR) is 133 cm³/mol. The van der Waals surface area contributed by atoms with E-state index in [2.05, 4.69) is 15.6 Å². The van der Waals surface area contributed by atoms with E-state index in [1.165, 1.54) is 0 Å². The van der Waals surface area contributed by atoms with Gasteiger partial charge < -0.3 is 16.4 Å². The first-order chi connectivity index (χ1) is 17.5. The summed E-state index contributed by atoms with van der Waals surface area (Å²) in [5.41, 5.74) is 8.69. The molecule has 4 rings (SSSR count). The number of hydrogen-bond donors (Lipinski definition) is 3. The van der Waals surface area contributed by atoms with E-state index in [4.69, 9.17) is 5.73 Å². The maximum absolute atomic E-state index is 13.4. The molecule has 1 aliphatic carbocycles. The molecule has 1 saturated carbocycles. The summed E-state index contributed by atoms with van der Waals surface area (Å²) >= 11 is 0. The van der Waals surface area contributed by atoms with Crippen LogP contribution in [0.15, 0.2) is 53.5 Å². The van der Waals surface area contributed by atoms with Crippen molar-refractivity contribution in [3.63, 3.8) is 0 Å². The van der Waals surface area contributed by atoms with Crippen LogP contribution in [0.5, 0.6) is 0 Å². The molecule has 37 heavy (non-hydrogen) atoms. The molecule has 1 heterocycles. The van der Waals surface area contributed by atoms with Gasteiger partial charge in [0.2, 0.25) is 18.0 Å². The monoisotopic (exact) mass is 514 g/mol. The Morgan fingerprint density at radius 3 is 2.43 bits per heavy atom. The number of nitrogens with one attached hydrogen (secondary N) is 2. The average molecular weight is 515 g/mol. The molecule has 4 N–H and O–H groups in total. The molecule has 2 aromatic rings. The number of fused-ring (bicyclic) bond motifs is 1. The van der Waals surface area contributed by atoms with Crippen LogP contribution in [0.1, 0.15) is 48.8 Å². The highest BCUT2D eigenvalue weighted by Gasteiger charge is 2.41. The molecule has 1 aliphatic heterocycles. The molecule has 2 aromatic carbocycles. The van der Waals surface area contributed by atoms with Crippen molar-refractivity contribution in [1.29, 1.82) is 0 Å². The highest BCUT2D eigenvalue weighted by Crippen LogP contribution is 2.39. The molecule has 0 unspecified atom stereocenters. The molecule has 0 spiro atoms. The van der Waals surface area contributed by atoms with Gasteiger partial charge in [0.25, 0.3) is 5.91 Å². The third kappa shape index (κ3) is 6.55. The standard InChI is InChI=1S/C27H29F3N4O3/c1-15-6-5-9-19-21(15)33-26(37)24(32-22(19)17-7-3-2-4-8-17)34-25(36)20(14-16-10-11-16)18(23(31)35)12-13-27(28,29)30/h2-9,16,18,20,24H,10-14H2,1H3,(H2,31,35)(H,33,37)(H,34,36)/t18-,20+,24-/m1/s1. The summed E-state index contributed by atoms with van der Waals surface area (Å²) in [6, 6.07) is 14.6. The molecular weight excluding hydrogens is 485 g/mol. The summed E-state index contributed by atoms with van der Waals surface area (Å²) in [7, 11) is 0. The number of amides is 3. The second-order valence-corrected chi connectivity index (χ2v) is 9.69. The third-order valence-electron chi connectivity index (χ3n) is 6.82. The Balaban J connectivity index is 1.66. The minimum absolute atomic E-state index is 0.127. The van der Waals surface area contributed by atoms with Crippen molar-refractivity contribution >= 4 is 29.1 Å². The largest absolute Gasteiger partial charge is 0.389 e. The summed E-state index contributed by atoms with van der Waals surface area (Å²) in [5.74, 6) is -4.55. The maximum atomic E-state index is 13.4. The van der Waals surface area contributed by atoms with Gasteiger partial charge in [0.05, 0.1) is 11.4 Å². The molecule has 2 aliphatic rings. The lowest BCUT2D eigenvalue weighted by atomic mass is 9.83. The lowest BCUT2D eigenvalue weighted by Crippen LogP contribution is -2.48. The van der Waals surface area contributed by atoms with E-state index in [1.54, 1.807) is 0 Å². The van der Waals surface area contributed by atoms with Crippen LogP contribution < -0.4 is 16.4 Å². The van der Waals surface area contributed by atoms with Crippen molar-refractivity contribution < 1.29 is 27.6 Å². The van der Waals surface area contributed by atoms with Gasteiger partial charge in [-0.2, -0.15) is 13.2 Å². The first-order valence-electron chi connectivity index (χ1n) is 12.2. The number of alkyl halides is 3. The van der Waals surface area contributed by atoms with Crippen molar-refractivity contribution in [1.82, 2.24) is 5.32 Å². The van der Waals surface area contributed by atoms with E-state index in [0.717, 1.165) is 24.0 Å². The first kappa shape index (κ1) is 26.4. The Kier molecular flexibility index (Phi) is 7.65. The lowest BCUT2D eigenvalue weighted by molar-refractivity contribution is -0.146. The van der Waals surface area contributed by atoms with Crippen LogP contribution in [0.4, 0.5) is 18.9 Å². The van der Waals surface area contributed by atoms with Gasteiger partial charge in [-0.05, 0) is 31.2 Å². The highest BCUT2D eigenvalue weighted by atomic mass is 19.4. The Morgan fingerprint density at radius 2 is 1.81 bits per heavy atom. The molecule has 0 bridgehead atoms. The topological polar surface area (TPSA) is 114 Å². The molecule has 3 amide bonds. The van der Waals surface area contributed by atoms with Crippen LogP contribution in [-0.2, 0) is 14.4 Å². The summed E-state index contributed by atoms with van der Waals surface area (Å²) in [6.07, 6.45) is -5.80. The molecular formula is C27H29F3N4O3. The Bertz CT molecular complexity index is 1210. The molecule has 196 valence electrons. The van der Waals surface area contributed by atoms with Crippen LogP contribution in [0.3, 0.4) is 0 Å². The summed E-state index contributed by atoms with van der Waals surface area (Å²) in [6.45, 7) is 1.84. The first-order valence-corrected chi connectivity index (χ1v) is 12.2. The number of primary amides is 1. The number of aliphatic imine (C=N–C) groups is 1. The van der Waals surface area contributed by atoms with E-state index < -0.39 is 54.7 Å². The van der Waals surface area contributed by atoms with E-state index in [1.807, 2.05) is 55.5 Å². The normalized spacial score (nSPS) is 19.1. The second kappa shape index (κ2) is 10.7. The van der Waals surface area contributed by atoms with Crippen LogP contribution in [0.2, 0.25) is 0 Å². The second-order valence-electron chi connectivity index (χ2n) is 9.69. The van der Waals surface area contributed by atoms with Gasteiger partial charge in [-0.15, -0.1) is 0 Å². The maximum Gasteiger partial charge on any atom is 0.389 e. The number of benzene rings is 2. The Morgan fingerprint density at radius 1 is 1.11 bits per heavy atom. The molecule has 1 fully saturated rings. The van der Waals surface area contributed by atoms with Crippen LogP contribution in [0.25, 0.3) is 0 Å². The fraction of sp³-hybridized carbons (Fsp3) is 0.407. The molecule has 0 radical (unpaired) electrons. The quantitative estimate of drug-likeness (QED) is 0.468. The number of carbonyl (C=O) groups is 3. The summed E-state index contributed by atoms with van der Waals surface area (Å²) in [4.78, 5) is 43.4. The molecule has 0 aromatic heterocycles. The number of anilines is 1. The van der Waals surface area contributed by atoms with Crippen molar-refractivity contribution in [3.8, 4) is 0 Å². The van der Waals surface area contributed by atoms with Crippen LogP contribution >= 0.6 is 0 Å². The van der Waals surface area contributed by atoms with Crippen molar-refractivity contribution in [2.24, 2.45) is 28.5 Å². The number of rotatable bonds is 9. The number of nitrogens with two attached hydrogens (primary N) is 1. The van der Waals surface area contributed by atoms with Gasteiger partial charge in [0.15, 0.2) is 0 Å². The zero-order valence-corrected chi connectivity index (χ0v) is 20.3. The van der Waals surface area contributed by atoms with E-state index in [0.29, 0.717) is 17.0 Å². The zero-order chi connectivity index (χ0) is 26.7. The van der Waals surface area contributed by atoms with Crippen LogP contribution in [0, 0.1) is 24.7 Å². The van der Waals surface area contributed by atoms with E-state index >= 15 is 0 Å². The Labute approximate surface area is 212 Å². The van der Waals surface area contributed by atoms with Gasteiger partial charge in [0.1, 0.15) is 0 Å². The minimum atomic E-state index is -4.49. The van der Waals surface area contributed by atoms with Crippen molar-refractivity contribution in [3.05, 3.63) is 65.2 Å². The SMILES string of the molecule is Cc1cccc2c1NC(=O)[C@@H](NC(=O)[C@@H](CC1CC1)[C@@H](CCC(F)(F)F)C(N)=O)N=C2c1ccccc1. The summed E-state index contributed by atoms with van der Waals surface area (Å²) < 4.78 is 38.8. The molecule has 0 saturated heterocycles. The average Bonchev–Trinajstić information content (AvgIpc) is 3.67. The van der Waals surface area contributed by atoms with Crippen LogP contribution in [-0.4, -0.2) is 35.8 Å². The van der Waals surface area contributed by atoms with Gasteiger partial charge in [-0.1, -0.05) is 61.4 Å². The number of benzodiazepines with no additional fused rings is 1. The summed E-state index contributed by atoms with van der Waals surface area (Å²) in [5, 5.41) is 5.43. The number of hydrogen-bond acceptors (Lipinski definition) is 4. The minimum Gasteiger partial charge on any atom is -0.369 e. The number of aryl methyl sites for hydroxylation is 1. The van der Waals surface area contributed by atoms with E-state index in [-0.39, 0.29) is 12.3 Å². The van der Waals surface area contributed by atoms with Gasteiger partial charge in [0, 0.05) is 29.4 Å². The fourth-order valence-electron chi connectivity index (χ4n) is 4.67. The fourth-order valence-corrected chi connectivity index (χ4v) is 4.67.